The van der Waals surface area contributed by atoms with Gasteiger partial charge < -0.3 is 10.2 Å². The van der Waals surface area contributed by atoms with E-state index >= 15 is 0 Å². The monoisotopic (exact) mass is 447 g/mol. The molecular weight excluding hydrogens is 422 g/mol. The van der Waals surface area contributed by atoms with E-state index in [4.69, 9.17) is 11.6 Å². The first kappa shape index (κ1) is 21.2. The summed E-state index contributed by atoms with van der Waals surface area (Å²) in [6.07, 6.45) is 2.19. The number of piperazine rings is 1. The van der Waals surface area contributed by atoms with Gasteiger partial charge in [-0.2, -0.15) is 4.31 Å². The van der Waals surface area contributed by atoms with Crippen LogP contribution in [0.3, 0.4) is 0 Å². The van der Waals surface area contributed by atoms with Crippen LogP contribution < -0.4 is 5.32 Å². The first-order chi connectivity index (χ1) is 14.3. The maximum atomic E-state index is 12.9. The average molecular weight is 448 g/mol. The van der Waals surface area contributed by atoms with Gasteiger partial charge in [-0.1, -0.05) is 41.4 Å². The summed E-state index contributed by atoms with van der Waals surface area (Å²) in [5.74, 6) is 0.443. The Balaban J connectivity index is 1.38. The second-order valence-corrected chi connectivity index (χ2v) is 10.4. The highest BCUT2D eigenvalue weighted by Crippen LogP contribution is 2.41. The Bertz CT molecular complexity index is 997. The molecule has 4 rings (SSSR count). The van der Waals surface area contributed by atoms with Crippen molar-refractivity contribution in [1.29, 1.82) is 0 Å². The zero-order valence-corrected chi connectivity index (χ0v) is 18.5. The van der Waals surface area contributed by atoms with Crippen LogP contribution in [0.1, 0.15) is 30.0 Å². The fourth-order valence-corrected chi connectivity index (χ4v) is 5.34. The summed E-state index contributed by atoms with van der Waals surface area (Å²) in [6, 6.07) is 14.3. The maximum Gasteiger partial charge on any atom is 0.317 e. The Morgan fingerprint density at radius 3 is 2.17 bits per heavy atom. The molecule has 1 aliphatic carbocycles. The number of nitrogens with zero attached hydrogens (tertiary/aromatic N) is 2. The van der Waals surface area contributed by atoms with E-state index in [0.717, 1.165) is 24.0 Å². The number of urea groups is 1. The van der Waals surface area contributed by atoms with Gasteiger partial charge >= 0.3 is 6.03 Å². The third-order valence-electron chi connectivity index (χ3n) is 5.79. The number of sulfonamides is 1. The molecule has 2 aromatic rings. The summed E-state index contributed by atoms with van der Waals surface area (Å²) >= 11 is 5.99. The van der Waals surface area contributed by atoms with Crippen LogP contribution in [0.2, 0.25) is 5.02 Å². The lowest BCUT2D eigenvalue weighted by molar-refractivity contribution is 0.167. The van der Waals surface area contributed by atoms with Crippen LogP contribution in [-0.2, 0) is 10.0 Å². The molecule has 2 aliphatic rings. The molecule has 0 bridgehead atoms. The molecule has 0 spiro atoms. The smallest absolute Gasteiger partial charge is 0.317 e. The lowest BCUT2D eigenvalue weighted by atomic mass is 10.0. The molecular formula is C22H26ClN3O3S. The standard InChI is InChI=1S/C22H26ClN3O3S/c1-16-2-10-20(11-3-16)30(28,29)26-14-12-25(13-15-26)22(27)24-21(17-4-5-17)18-6-8-19(23)9-7-18/h2-3,6-11,17,21H,4-5,12-15H2,1H3,(H,24,27)/t21-/m0/s1. The zero-order chi connectivity index (χ0) is 21.3. The van der Waals surface area contributed by atoms with Gasteiger partial charge in [-0.3, -0.25) is 0 Å². The molecule has 1 saturated carbocycles. The Labute approximate surface area is 182 Å². The molecule has 160 valence electrons. The van der Waals surface area contributed by atoms with Crippen molar-refractivity contribution in [2.75, 3.05) is 26.2 Å². The number of amides is 2. The van der Waals surface area contributed by atoms with Crippen LogP contribution in [0, 0.1) is 12.8 Å². The van der Waals surface area contributed by atoms with E-state index < -0.39 is 10.0 Å². The fourth-order valence-electron chi connectivity index (χ4n) is 3.79. The lowest BCUT2D eigenvalue weighted by Gasteiger charge is -2.35. The first-order valence-electron chi connectivity index (χ1n) is 10.2. The molecule has 1 atom stereocenters. The molecule has 1 aliphatic heterocycles. The zero-order valence-electron chi connectivity index (χ0n) is 16.9. The van der Waals surface area contributed by atoms with Crippen LogP contribution in [0.5, 0.6) is 0 Å². The predicted molar refractivity (Wildman–Crippen MR) is 117 cm³/mol. The number of aryl methyl sites for hydroxylation is 1. The van der Waals surface area contributed by atoms with Crippen molar-refractivity contribution < 1.29 is 13.2 Å². The Morgan fingerprint density at radius 2 is 1.60 bits per heavy atom. The molecule has 0 aromatic heterocycles. The number of benzene rings is 2. The summed E-state index contributed by atoms with van der Waals surface area (Å²) in [5.41, 5.74) is 2.07. The number of hydrogen-bond acceptors (Lipinski definition) is 3. The van der Waals surface area contributed by atoms with E-state index in [-0.39, 0.29) is 12.1 Å². The minimum absolute atomic E-state index is 0.0379. The second kappa shape index (κ2) is 8.57. The van der Waals surface area contributed by atoms with E-state index in [1.807, 2.05) is 31.2 Å². The van der Waals surface area contributed by atoms with Gasteiger partial charge in [0.05, 0.1) is 10.9 Å². The van der Waals surface area contributed by atoms with Gasteiger partial charge in [-0.05, 0) is 55.5 Å². The van der Waals surface area contributed by atoms with E-state index in [1.54, 1.807) is 29.2 Å². The van der Waals surface area contributed by atoms with Crippen LogP contribution in [-0.4, -0.2) is 49.8 Å². The van der Waals surface area contributed by atoms with Gasteiger partial charge in [-0.15, -0.1) is 0 Å². The van der Waals surface area contributed by atoms with Gasteiger partial charge in [-0.25, -0.2) is 13.2 Å². The van der Waals surface area contributed by atoms with Gasteiger partial charge in [0.2, 0.25) is 10.0 Å². The van der Waals surface area contributed by atoms with Crippen molar-refractivity contribution in [3.05, 3.63) is 64.7 Å². The van der Waals surface area contributed by atoms with Crippen LogP contribution in [0.4, 0.5) is 4.79 Å². The van der Waals surface area contributed by atoms with Crippen LogP contribution >= 0.6 is 11.6 Å². The third-order valence-corrected chi connectivity index (χ3v) is 7.95. The Morgan fingerprint density at radius 1 is 1.00 bits per heavy atom. The van der Waals surface area contributed by atoms with Crippen molar-refractivity contribution in [3.8, 4) is 0 Å². The summed E-state index contributed by atoms with van der Waals surface area (Å²) < 4.78 is 27.2. The molecule has 2 fully saturated rings. The number of rotatable bonds is 5. The van der Waals surface area contributed by atoms with Gasteiger partial charge in [0.25, 0.3) is 0 Å². The van der Waals surface area contributed by atoms with Gasteiger partial charge in [0.1, 0.15) is 0 Å². The van der Waals surface area contributed by atoms with E-state index in [0.29, 0.717) is 42.0 Å². The summed E-state index contributed by atoms with van der Waals surface area (Å²) in [7, 11) is -3.54. The molecule has 1 saturated heterocycles. The number of hydrogen-bond donors (Lipinski definition) is 1. The van der Waals surface area contributed by atoms with Crippen LogP contribution in [0.25, 0.3) is 0 Å². The van der Waals surface area contributed by atoms with E-state index in [9.17, 15) is 13.2 Å². The highest BCUT2D eigenvalue weighted by Gasteiger charge is 2.35. The molecule has 1 N–H and O–H groups in total. The summed E-state index contributed by atoms with van der Waals surface area (Å²) in [6.45, 7) is 3.24. The maximum absolute atomic E-state index is 12.9. The number of carbonyl (C=O) groups excluding carboxylic acids is 1. The number of carbonyl (C=O) groups is 1. The number of halogens is 1. The quantitative estimate of drug-likeness (QED) is 0.757. The lowest BCUT2D eigenvalue weighted by Crippen LogP contribution is -2.53. The molecule has 1 heterocycles. The Hall–Kier alpha value is -2.09. The van der Waals surface area contributed by atoms with Crippen molar-refractivity contribution in [2.45, 2.75) is 30.7 Å². The minimum Gasteiger partial charge on any atom is -0.331 e. The molecule has 0 unspecified atom stereocenters. The molecule has 8 heteroatoms. The van der Waals surface area contributed by atoms with Crippen molar-refractivity contribution in [1.82, 2.24) is 14.5 Å². The SMILES string of the molecule is Cc1ccc(S(=O)(=O)N2CCN(C(=O)N[C@H](c3ccc(Cl)cc3)C3CC3)CC2)cc1. The van der Waals surface area contributed by atoms with Crippen molar-refractivity contribution >= 4 is 27.7 Å². The van der Waals surface area contributed by atoms with E-state index in [1.165, 1.54) is 4.31 Å². The first-order valence-corrected chi connectivity index (χ1v) is 12.0. The molecule has 2 aromatic carbocycles. The predicted octanol–water partition coefficient (Wildman–Crippen LogP) is 3.82. The van der Waals surface area contributed by atoms with Crippen molar-refractivity contribution in [2.24, 2.45) is 5.92 Å². The van der Waals surface area contributed by atoms with Gasteiger partial charge in [0, 0.05) is 31.2 Å². The highest BCUT2D eigenvalue weighted by molar-refractivity contribution is 7.89. The Kier molecular flexibility index (Phi) is 6.04. The summed E-state index contributed by atoms with van der Waals surface area (Å²) in [4.78, 5) is 14.9. The molecule has 0 radical (unpaired) electrons. The van der Waals surface area contributed by atoms with Crippen molar-refractivity contribution in [3.63, 3.8) is 0 Å². The fraction of sp³-hybridized carbons (Fsp3) is 0.409. The summed E-state index contributed by atoms with van der Waals surface area (Å²) in [5, 5.41) is 3.82. The van der Waals surface area contributed by atoms with Gasteiger partial charge in [0.15, 0.2) is 0 Å². The van der Waals surface area contributed by atoms with E-state index in [2.05, 4.69) is 5.32 Å². The number of nitrogens with one attached hydrogen (secondary N) is 1. The highest BCUT2D eigenvalue weighted by atomic mass is 35.5. The molecule has 6 nitrogen and oxygen atoms in total. The van der Waals surface area contributed by atoms with Crippen LogP contribution in [0.15, 0.2) is 53.4 Å². The average Bonchev–Trinajstić information content (AvgIpc) is 3.58. The normalized spacial score (nSPS) is 18.8. The second-order valence-electron chi connectivity index (χ2n) is 8.02. The molecule has 2 amide bonds. The third kappa shape index (κ3) is 4.63. The molecule has 30 heavy (non-hydrogen) atoms. The largest absolute Gasteiger partial charge is 0.331 e. The topological polar surface area (TPSA) is 69.7 Å². The minimum atomic E-state index is -3.54.